The molecule has 4 rings (SSSR count). The fourth-order valence-corrected chi connectivity index (χ4v) is 3.96. The molecule has 1 atom stereocenters. The predicted octanol–water partition coefficient (Wildman–Crippen LogP) is 2.22. The minimum Gasteiger partial charge on any atom is -0.491 e. The summed E-state index contributed by atoms with van der Waals surface area (Å²) in [5, 5.41) is 5.50. The van der Waals surface area contributed by atoms with E-state index >= 15 is 0 Å². The fourth-order valence-electron chi connectivity index (χ4n) is 3.96. The molecule has 9 heteroatoms. The van der Waals surface area contributed by atoms with Crippen LogP contribution in [0.25, 0.3) is 0 Å². The number of piperidine rings is 1. The van der Waals surface area contributed by atoms with Gasteiger partial charge in [0.05, 0.1) is 6.61 Å². The molecule has 0 unspecified atom stereocenters. The van der Waals surface area contributed by atoms with Crippen LogP contribution in [0.4, 0.5) is 10.1 Å². The normalized spacial score (nSPS) is 17.9. The predicted molar refractivity (Wildman–Crippen MR) is 114 cm³/mol. The molecule has 0 aromatic heterocycles. The van der Waals surface area contributed by atoms with Crippen molar-refractivity contribution in [1.29, 1.82) is 0 Å². The number of hydrogen-bond donors (Lipinski definition) is 2. The average molecular weight is 441 g/mol. The number of anilines is 1. The lowest BCUT2D eigenvalue weighted by molar-refractivity contribution is -0.136. The van der Waals surface area contributed by atoms with Crippen molar-refractivity contribution in [2.45, 2.75) is 32.0 Å². The van der Waals surface area contributed by atoms with Gasteiger partial charge in [-0.05, 0) is 36.8 Å². The molecule has 8 nitrogen and oxygen atoms in total. The van der Waals surface area contributed by atoms with Crippen LogP contribution >= 0.6 is 0 Å². The summed E-state index contributed by atoms with van der Waals surface area (Å²) in [4.78, 5) is 38.1. The molecule has 0 spiro atoms. The topological polar surface area (TPSA) is 97.0 Å². The van der Waals surface area contributed by atoms with Crippen LogP contribution in [-0.2, 0) is 27.4 Å². The number of methoxy groups -OCH3 is 1. The average Bonchev–Trinajstić information content (AvgIpc) is 3.11. The molecule has 0 bridgehead atoms. The van der Waals surface area contributed by atoms with Gasteiger partial charge < -0.3 is 19.7 Å². The molecule has 2 heterocycles. The zero-order valence-corrected chi connectivity index (χ0v) is 17.7. The summed E-state index contributed by atoms with van der Waals surface area (Å²) in [5.41, 5.74) is 2.35. The van der Waals surface area contributed by atoms with E-state index in [4.69, 9.17) is 9.47 Å². The maximum absolute atomic E-state index is 14.3. The Labute approximate surface area is 184 Å². The zero-order valence-electron chi connectivity index (χ0n) is 17.7. The van der Waals surface area contributed by atoms with Crippen LogP contribution in [0.5, 0.6) is 5.75 Å². The number of nitrogens with one attached hydrogen (secondary N) is 2. The van der Waals surface area contributed by atoms with Gasteiger partial charge in [-0.1, -0.05) is 6.07 Å². The van der Waals surface area contributed by atoms with Gasteiger partial charge in [0.2, 0.25) is 11.8 Å². The summed E-state index contributed by atoms with van der Waals surface area (Å²) in [6.07, 6.45) is 0.498. The number of imide groups is 1. The molecule has 3 amide bonds. The summed E-state index contributed by atoms with van der Waals surface area (Å²) >= 11 is 0. The molecular weight excluding hydrogens is 417 g/mol. The fraction of sp³-hybridized carbons (Fsp3) is 0.348. The maximum atomic E-state index is 14.3. The van der Waals surface area contributed by atoms with Gasteiger partial charge in [0.1, 0.15) is 24.2 Å². The van der Waals surface area contributed by atoms with Crippen molar-refractivity contribution >= 4 is 23.4 Å². The summed E-state index contributed by atoms with van der Waals surface area (Å²) in [6.45, 7) is 1.22. The third-order valence-corrected chi connectivity index (χ3v) is 5.62. The monoisotopic (exact) mass is 441 g/mol. The molecule has 0 radical (unpaired) electrons. The van der Waals surface area contributed by atoms with Gasteiger partial charge in [0.25, 0.3) is 5.91 Å². The second-order valence-electron chi connectivity index (χ2n) is 7.68. The molecule has 0 saturated carbocycles. The molecule has 0 aliphatic carbocycles. The maximum Gasteiger partial charge on any atom is 0.255 e. The SMILES string of the molecule is COCCOc1ccc(F)c(CNc2cccc3c2CN([C@H]2CCC(=O)NC2=O)C3=O)c1. The summed E-state index contributed by atoms with van der Waals surface area (Å²) in [5.74, 6) is -0.862. The highest BCUT2D eigenvalue weighted by atomic mass is 19.1. The van der Waals surface area contributed by atoms with Crippen LogP contribution < -0.4 is 15.4 Å². The lowest BCUT2D eigenvalue weighted by Gasteiger charge is -2.29. The van der Waals surface area contributed by atoms with Gasteiger partial charge in [0.15, 0.2) is 0 Å². The molecule has 2 aliphatic heterocycles. The van der Waals surface area contributed by atoms with Gasteiger partial charge in [-0.3, -0.25) is 19.7 Å². The van der Waals surface area contributed by atoms with E-state index in [-0.39, 0.29) is 37.1 Å². The Bertz CT molecular complexity index is 1060. The Balaban J connectivity index is 1.48. The number of fused-ring (bicyclic) bond motifs is 1. The number of ether oxygens (including phenoxy) is 2. The van der Waals surface area contributed by atoms with Crippen molar-refractivity contribution in [2.24, 2.45) is 0 Å². The molecule has 1 saturated heterocycles. The molecule has 2 N–H and O–H groups in total. The smallest absolute Gasteiger partial charge is 0.255 e. The Morgan fingerprint density at radius 2 is 2.03 bits per heavy atom. The largest absolute Gasteiger partial charge is 0.491 e. The van der Waals surface area contributed by atoms with E-state index in [0.717, 1.165) is 5.56 Å². The van der Waals surface area contributed by atoms with E-state index in [0.29, 0.717) is 42.2 Å². The van der Waals surface area contributed by atoms with E-state index < -0.39 is 11.9 Å². The number of halogens is 1. The van der Waals surface area contributed by atoms with E-state index in [1.165, 1.54) is 11.0 Å². The Kier molecular flexibility index (Phi) is 6.36. The summed E-state index contributed by atoms with van der Waals surface area (Å²) in [7, 11) is 1.58. The molecule has 1 fully saturated rings. The highest BCUT2D eigenvalue weighted by Crippen LogP contribution is 2.32. The quantitative estimate of drug-likeness (QED) is 0.482. The van der Waals surface area contributed by atoms with Crippen LogP contribution in [0, 0.1) is 5.82 Å². The van der Waals surface area contributed by atoms with E-state index in [1.807, 2.05) is 6.07 Å². The van der Waals surface area contributed by atoms with E-state index in [1.54, 1.807) is 31.4 Å². The first kappa shape index (κ1) is 21.8. The Morgan fingerprint density at radius 1 is 1.19 bits per heavy atom. The summed E-state index contributed by atoms with van der Waals surface area (Å²) < 4.78 is 24.8. The lowest BCUT2D eigenvalue weighted by Crippen LogP contribution is -2.52. The number of benzene rings is 2. The van der Waals surface area contributed by atoms with Crippen LogP contribution in [0.3, 0.4) is 0 Å². The van der Waals surface area contributed by atoms with Crippen molar-refractivity contribution in [3.63, 3.8) is 0 Å². The second kappa shape index (κ2) is 9.35. The second-order valence-corrected chi connectivity index (χ2v) is 7.68. The van der Waals surface area contributed by atoms with Gasteiger partial charge in [-0.15, -0.1) is 0 Å². The molecule has 2 aliphatic rings. The van der Waals surface area contributed by atoms with Crippen molar-refractivity contribution in [2.75, 3.05) is 25.6 Å². The lowest BCUT2D eigenvalue weighted by atomic mass is 10.0. The van der Waals surface area contributed by atoms with Crippen molar-refractivity contribution in [3.8, 4) is 5.75 Å². The zero-order chi connectivity index (χ0) is 22.7. The first-order valence-electron chi connectivity index (χ1n) is 10.4. The van der Waals surface area contributed by atoms with Crippen molar-refractivity contribution < 1.29 is 28.2 Å². The number of hydrogen-bond acceptors (Lipinski definition) is 6. The van der Waals surface area contributed by atoms with Gasteiger partial charge >= 0.3 is 0 Å². The highest BCUT2D eigenvalue weighted by molar-refractivity contribution is 6.06. The van der Waals surface area contributed by atoms with E-state index in [9.17, 15) is 18.8 Å². The third-order valence-electron chi connectivity index (χ3n) is 5.62. The van der Waals surface area contributed by atoms with Crippen LogP contribution in [-0.4, -0.2) is 49.0 Å². The first-order valence-corrected chi connectivity index (χ1v) is 10.4. The minimum atomic E-state index is -0.682. The Hall–Kier alpha value is -3.46. The highest BCUT2D eigenvalue weighted by Gasteiger charge is 2.39. The van der Waals surface area contributed by atoms with Crippen molar-refractivity contribution in [3.05, 3.63) is 58.9 Å². The number of amides is 3. The van der Waals surface area contributed by atoms with Gasteiger partial charge in [0, 0.05) is 49.0 Å². The molecule has 2 aromatic rings. The first-order chi connectivity index (χ1) is 15.5. The van der Waals surface area contributed by atoms with E-state index in [2.05, 4.69) is 10.6 Å². The van der Waals surface area contributed by atoms with Crippen LogP contribution in [0.15, 0.2) is 36.4 Å². The third kappa shape index (κ3) is 4.43. The molecule has 32 heavy (non-hydrogen) atoms. The number of rotatable bonds is 8. The molecule has 2 aromatic carbocycles. The molecular formula is C23H24FN3O5. The molecule has 168 valence electrons. The number of carbonyl (C=O) groups is 3. The summed E-state index contributed by atoms with van der Waals surface area (Å²) in [6, 6.07) is 9.12. The van der Waals surface area contributed by atoms with Crippen LogP contribution in [0.1, 0.15) is 34.3 Å². The van der Waals surface area contributed by atoms with Crippen molar-refractivity contribution in [1.82, 2.24) is 10.2 Å². The Morgan fingerprint density at radius 3 is 2.81 bits per heavy atom. The number of nitrogens with zero attached hydrogens (tertiary/aromatic N) is 1. The van der Waals surface area contributed by atoms with Crippen LogP contribution in [0.2, 0.25) is 0 Å². The number of carbonyl (C=O) groups excluding carboxylic acids is 3. The minimum absolute atomic E-state index is 0.191. The van der Waals surface area contributed by atoms with Gasteiger partial charge in [-0.2, -0.15) is 0 Å². The van der Waals surface area contributed by atoms with Gasteiger partial charge in [-0.25, -0.2) is 4.39 Å². The standard InChI is InChI=1S/C23H24FN3O5/c1-31-9-10-32-15-5-6-18(24)14(11-15)12-25-19-4-2-3-16-17(19)13-27(23(16)30)20-7-8-21(28)26-22(20)29/h2-6,11,20,25H,7-10,12-13H2,1H3,(H,26,28,29)/t20-/m0/s1.